The molecule has 1 heterocycles. The van der Waals surface area contributed by atoms with E-state index in [1.165, 1.54) is 11.9 Å². The van der Waals surface area contributed by atoms with Gasteiger partial charge >= 0.3 is 5.97 Å². The lowest BCUT2D eigenvalue weighted by molar-refractivity contribution is -0.152. The lowest BCUT2D eigenvalue weighted by Crippen LogP contribution is -2.31. The Morgan fingerprint density at radius 2 is 1.79 bits per heavy atom. The van der Waals surface area contributed by atoms with E-state index in [-0.39, 0.29) is 12.5 Å². The van der Waals surface area contributed by atoms with E-state index < -0.39 is 5.60 Å². The van der Waals surface area contributed by atoms with Crippen LogP contribution in [0.15, 0.2) is 59.6 Å². The van der Waals surface area contributed by atoms with Gasteiger partial charge in [-0.25, -0.2) is 0 Å². The highest BCUT2D eigenvalue weighted by Crippen LogP contribution is 2.35. The first kappa shape index (κ1) is 20.8. The van der Waals surface area contributed by atoms with E-state index in [4.69, 9.17) is 27.9 Å². The maximum atomic E-state index is 12.6. The molecule has 0 spiro atoms. The van der Waals surface area contributed by atoms with Crippen LogP contribution < -0.4 is 4.31 Å². The van der Waals surface area contributed by atoms with Crippen molar-refractivity contribution >= 4 is 57.7 Å². The number of nitrogens with zero attached hydrogens (tertiary/aromatic N) is 2. The SMILES string of the molecule is CC(C)(C)OC(=O)CN(Sc1cc(Cl)cc(Cl)c1)c1cccc2cccnc12. The summed E-state index contributed by atoms with van der Waals surface area (Å²) >= 11 is 13.7. The van der Waals surface area contributed by atoms with Crippen molar-refractivity contribution < 1.29 is 9.53 Å². The molecule has 0 saturated heterocycles. The van der Waals surface area contributed by atoms with Gasteiger partial charge in [-0.05, 0) is 63.1 Å². The Morgan fingerprint density at radius 3 is 2.46 bits per heavy atom. The lowest BCUT2D eigenvalue weighted by atomic mass is 10.2. The average molecular weight is 435 g/mol. The summed E-state index contributed by atoms with van der Waals surface area (Å²) in [6, 6.07) is 15.0. The fourth-order valence-electron chi connectivity index (χ4n) is 2.66. The van der Waals surface area contributed by atoms with E-state index >= 15 is 0 Å². The molecule has 4 nitrogen and oxygen atoms in total. The third-order valence-electron chi connectivity index (χ3n) is 3.62. The van der Waals surface area contributed by atoms with Crippen LogP contribution >= 0.6 is 35.1 Å². The van der Waals surface area contributed by atoms with Gasteiger partial charge in [0.2, 0.25) is 0 Å². The van der Waals surface area contributed by atoms with Gasteiger partial charge in [0.15, 0.2) is 0 Å². The van der Waals surface area contributed by atoms with Crippen molar-refractivity contribution in [3.8, 4) is 0 Å². The summed E-state index contributed by atoms with van der Waals surface area (Å²) in [5, 5.41) is 2.05. The van der Waals surface area contributed by atoms with Gasteiger partial charge in [0.1, 0.15) is 12.1 Å². The quantitative estimate of drug-likeness (QED) is 0.343. The lowest BCUT2D eigenvalue weighted by Gasteiger charge is -2.26. The molecule has 0 aliphatic heterocycles. The van der Waals surface area contributed by atoms with Crippen molar-refractivity contribution in [3.05, 3.63) is 64.8 Å². The molecule has 0 aliphatic rings. The minimum absolute atomic E-state index is 0.0434. The Kier molecular flexibility index (Phi) is 6.38. The van der Waals surface area contributed by atoms with E-state index in [1.807, 2.05) is 55.4 Å². The van der Waals surface area contributed by atoms with Crippen molar-refractivity contribution in [2.24, 2.45) is 0 Å². The number of ether oxygens (including phenoxy) is 1. The Hall–Kier alpha value is -1.95. The number of carbonyl (C=O) groups is 1. The smallest absolute Gasteiger partial charge is 0.327 e. The number of hydrogen-bond acceptors (Lipinski definition) is 5. The number of benzene rings is 2. The first-order valence-electron chi connectivity index (χ1n) is 8.68. The zero-order valence-electron chi connectivity index (χ0n) is 15.8. The minimum atomic E-state index is -0.566. The number of anilines is 1. The van der Waals surface area contributed by atoms with Crippen molar-refractivity contribution in [1.29, 1.82) is 0 Å². The van der Waals surface area contributed by atoms with Crippen LogP contribution in [0.5, 0.6) is 0 Å². The molecule has 0 saturated carbocycles. The topological polar surface area (TPSA) is 42.4 Å². The second-order valence-corrected chi connectivity index (χ2v) is 9.14. The van der Waals surface area contributed by atoms with Gasteiger partial charge in [-0.15, -0.1) is 0 Å². The zero-order chi connectivity index (χ0) is 20.3. The number of halogens is 2. The van der Waals surface area contributed by atoms with Crippen LogP contribution in [-0.4, -0.2) is 23.1 Å². The van der Waals surface area contributed by atoms with Crippen LogP contribution in [0.2, 0.25) is 10.0 Å². The Labute approximate surface area is 178 Å². The predicted octanol–water partition coefficient (Wildman–Crippen LogP) is 6.40. The first-order chi connectivity index (χ1) is 13.2. The average Bonchev–Trinajstić information content (AvgIpc) is 2.58. The number of fused-ring (bicyclic) bond motifs is 1. The molecule has 2 aromatic carbocycles. The Balaban J connectivity index is 1.99. The van der Waals surface area contributed by atoms with Crippen LogP contribution in [-0.2, 0) is 9.53 Å². The fourth-order valence-corrected chi connectivity index (χ4v) is 4.34. The van der Waals surface area contributed by atoms with E-state index in [1.54, 1.807) is 24.4 Å². The number of aromatic nitrogens is 1. The molecule has 3 rings (SSSR count). The fraction of sp³-hybridized carbons (Fsp3) is 0.238. The van der Waals surface area contributed by atoms with Gasteiger partial charge < -0.3 is 4.74 Å². The molecule has 0 unspecified atom stereocenters. The highest BCUT2D eigenvalue weighted by molar-refractivity contribution is 8.00. The second kappa shape index (κ2) is 8.60. The highest BCUT2D eigenvalue weighted by atomic mass is 35.5. The normalized spacial score (nSPS) is 11.5. The summed E-state index contributed by atoms with van der Waals surface area (Å²) in [6.07, 6.45) is 1.73. The maximum Gasteiger partial charge on any atom is 0.327 e. The van der Waals surface area contributed by atoms with E-state index in [9.17, 15) is 4.79 Å². The number of carbonyl (C=O) groups excluding carboxylic acids is 1. The first-order valence-corrected chi connectivity index (χ1v) is 10.2. The van der Waals surface area contributed by atoms with Gasteiger partial charge in [0.25, 0.3) is 0 Å². The van der Waals surface area contributed by atoms with Gasteiger partial charge in [0.05, 0.1) is 11.2 Å². The molecule has 0 radical (unpaired) electrons. The summed E-state index contributed by atoms with van der Waals surface area (Å²) in [5.74, 6) is -0.332. The van der Waals surface area contributed by atoms with E-state index in [0.717, 1.165) is 21.5 Å². The van der Waals surface area contributed by atoms with Crippen molar-refractivity contribution in [2.45, 2.75) is 31.3 Å². The second-order valence-electron chi connectivity index (χ2n) is 7.17. The number of hydrogen-bond donors (Lipinski definition) is 0. The van der Waals surface area contributed by atoms with Crippen LogP contribution in [0.1, 0.15) is 20.8 Å². The standard InChI is InChI=1S/C21H20Cl2N2O2S/c1-21(2,3)27-19(26)13-25(28-17-11-15(22)10-16(23)12-17)18-8-4-6-14-7-5-9-24-20(14)18/h4-12H,13H2,1-3H3. The molecular weight excluding hydrogens is 415 g/mol. The summed E-state index contributed by atoms with van der Waals surface area (Å²) < 4.78 is 7.37. The Bertz CT molecular complexity index is 980. The number of esters is 1. The molecular formula is C21H20Cl2N2O2S. The molecule has 0 aliphatic carbocycles. The van der Waals surface area contributed by atoms with E-state index in [2.05, 4.69) is 4.98 Å². The number of para-hydroxylation sites is 1. The van der Waals surface area contributed by atoms with E-state index in [0.29, 0.717) is 10.0 Å². The zero-order valence-corrected chi connectivity index (χ0v) is 18.1. The number of pyridine rings is 1. The Morgan fingerprint density at radius 1 is 1.11 bits per heavy atom. The largest absolute Gasteiger partial charge is 0.459 e. The third-order valence-corrected chi connectivity index (χ3v) is 5.05. The summed E-state index contributed by atoms with van der Waals surface area (Å²) in [6.45, 7) is 5.58. The van der Waals surface area contributed by atoms with Crippen LogP contribution in [0.4, 0.5) is 5.69 Å². The van der Waals surface area contributed by atoms with Crippen LogP contribution in [0.25, 0.3) is 10.9 Å². The third kappa shape index (κ3) is 5.53. The molecule has 28 heavy (non-hydrogen) atoms. The van der Waals surface area contributed by atoms with Gasteiger partial charge in [-0.1, -0.05) is 41.4 Å². The van der Waals surface area contributed by atoms with Gasteiger partial charge in [-0.2, -0.15) is 0 Å². The molecule has 146 valence electrons. The maximum absolute atomic E-state index is 12.6. The monoisotopic (exact) mass is 434 g/mol. The minimum Gasteiger partial charge on any atom is -0.459 e. The van der Waals surface area contributed by atoms with Crippen LogP contribution in [0.3, 0.4) is 0 Å². The van der Waals surface area contributed by atoms with Crippen molar-refractivity contribution in [1.82, 2.24) is 4.98 Å². The summed E-state index contributed by atoms with van der Waals surface area (Å²) in [7, 11) is 0. The summed E-state index contributed by atoms with van der Waals surface area (Å²) in [4.78, 5) is 17.9. The van der Waals surface area contributed by atoms with Crippen molar-refractivity contribution in [3.63, 3.8) is 0 Å². The van der Waals surface area contributed by atoms with Gasteiger partial charge in [-0.3, -0.25) is 14.1 Å². The summed E-state index contributed by atoms with van der Waals surface area (Å²) in [5.41, 5.74) is 1.04. The molecule has 1 aromatic heterocycles. The number of rotatable bonds is 5. The molecule has 0 bridgehead atoms. The van der Waals surface area contributed by atoms with Crippen molar-refractivity contribution in [2.75, 3.05) is 10.8 Å². The molecule has 3 aromatic rings. The predicted molar refractivity (Wildman–Crippen MR) is 117 cm³/mol. The van der Waals surface area contributed by atoms with Crippen LogP contribution in [0, 0.1) is 0 Å². The molecule has 0 atom stereocenters. The highest BCUT2D eigenvalue weighted by Gasteiger charge is 2.22. The molecule has 0 amide bonds. The van der Waals surface area contributed by atoms with Gasteiger partial charge in [0, 0.05) is 26.5 Å². The molecule has 0 fully saturated rings. The molecule has 7 heteroatoms. The molecule has 0 N–H and O–H groups in total.